The Hall–Kier alpha value is -2.55. The minimum absolute atomic E-state index is 0.0207. The standard InChI is InChI=1S/C20H17Cl2N3O4S/c1-2-25-17(26)10-16(18(27)23-14-5-3-11(4-6-14)19(28)29)30-20(25)24-15-8-12(21)7-13(22)9-15/h3-9,16H,2,10H2,1H3,(H,23,27)(H,28,29)/t16-/m0/s1. The SMILES string of the molecule is CCN1C(=O)C[C@@H](C(=O)Nc2ccc(C(=O)O)cc2)SC1=Nc1cc(Cl)cc(Cl)c1. The molecule has 2 aromatic rings. The maximum absolute atomic E-state index is 12.7. The molecule has 156 valence electrons. The van der Waals surface area contributed by atoms with Gasteiger partial charge in [-0.05, 0) is 49.4 Å². The molecule has 1 heterocycles. The molecule has 10 heteroatoms. The van der Waals surface area contributed by atoms with Crippen LogP contribution in [0.3, 0.4) is 0 Å². The largest absolute Gasteiger partial charge is 0.478 e. The van der Waals surface area contributed by atoms with Gasteiger partial charge in [0.25, 0.3) is 0 Å². The highest BCUT2D eigenvalue weighted by atomic mass is 35.5. The number of halogens is 2. The summed E-state index contributed by atoms with van der Waals surface area (Å²) >= 11 is 13.2. The van der Waals surface area contributed by atoms with E-state index in [1.165, 1.54) is 40.9 Å². The van der Waals surface area contributed by atoms with Crippen LogP contribution >= 0.6 is 35.0 Å². The number of thioether (sulfide) groups is 1. The Labute approximate surface area is 187 Å². The van der Waals surface area contributed by atoms with Gasteiger partial charge >= 0.3 is 5.97 Å². The van der Waals surface area contributed by atoms with Crippen molar-refractivity contribution in [3.05, 3.63) is 58.1 Å². The van der Waals surface area contributed by atoms with Crippen molar-refractivity contribution in [1.29, 1.82) is 0 Å². The van der Waals surface area contributed by atoms with Gasteiger partial charge in [0.1, 0.15) is 5.25 Å². The van der Waals surface area contributed by atoms with Crippen molar-refractivity contribution in [2.24, 2.45) is 4.99 Å². The Kier molecular flexibility index (Phi) is 7.02. The zero-order valence-electron chi connectivity index (χ0n) is 15.8. The second-order valence-corrected chi connectivity index (χ2v) is 8.39. The van der Waals surface area contributed by atoms with Gasteiger partial charge in [-0.1, -0.05) is 35.0 Å². The predicted octanol–water partition coefficient (Wildman–Crippen LogP) is 4.67. The van der Waals surface area contributed by atoms with Crippen molar-refractivity contribution in [2.45, 2.75) is 18.6 Å². The number of carboxylic acids is 1. The van der Waals surface area contributed by atoms with E-state index in [1.54, 1.807) is 18.2 Å². The van der Waals surface area contributed by atoms with Crippen molar-refractivity contribution in [3.63, 3.8) is 0 Å². The lowest BCUT2D eigenvalue weighted by atomic mass is 10.2. The Morgan fingerprint density at radius 3 is 2.40 bits per heavy atom. The number of rotatable bonds is 5. The van der Waals surface area contributed by atoms with Crippen LogP contribution in [-0.2, 0) is 9.59 Å². The Balaban J connectivity index is 1.80. The molecule has 1 saturated heterocycles. The molecule has 1 atom stereocenters. The normalized spacial score (nSPS) is 17.8. The van der Waals surface area contributed by atoms with E-state index in [-0.39, 0.29) is 23.8 Å². The van der Waals surface area contributed by atoms with Crippen molar-refractivity contribution >= 4 is 69.3 Å². The van der Waals surface area contributed by atoms with Crippen LogP contribution in [0.15, 0.2) is 47.5 Å². The molecule has 3 rings (SSSR count). The van der Waals surface area contributed by atoms with Crippen LogP contribution in [0.1, 0.15) is 23.7 Å². The van der Waals surface area contributed by atoms with Crippen LogP contribution in [0, 0.1) is 0 Å². The molecule has 0 saturated carbocycles. The van der Waals surface area contributed by atoms with Crippen LogP contribution in [0.25, 0.3) is 0 Å². The van der Waals surface area contributed by atoms with Gasteiger partial charge in [0.2, 0.25) is 11.8 Å². The van der Waals surface area contributed by atoms with Crippen LogP contribution in [-0.4, -0.2) is 44.8 Å². The molecular weight excluding hydrogens is 449 g/mol. The number of carboxylic acid groups (broad SMARTS) is 1. The molecule has 1 aliphatic heterocycles. The van der Waals surface area contributed by atoms with E-state index in [2.05, 4.69) is 10.3 Å². The summed E-state index contributed by atoms with van der Waals surface area (Å²) in [5.41, 5.74) is 1.03. The molecule has 0 aliphatic carbocycles. The topological polar surface area (TPSA) is 99.1 Å². The van der Waals surface area contributed by atoms with Gasteiger partial charge in [-0.2, -0.15) is 0 Å². The third-order valence-electron chi connectivity index (χ3n) is 4.22. The number of aromatic carboxylic acids is 1. The molecule has 0 aromatic heterocycles. The number of nitrogens with zero attached hydrogens (tertiary/aromatic N) is 2. The van der Waals surface area contributed by atoms with E-state index in [0.717, 1.165) is 0 Å². The van der Waals surface area contributed by atoms with E-state index in [4.69, 9.17) is 28.3 Å². The number of anilines is 1. The van der Waals surface area contributed by atoms with E-state index in [0.29, 0.717) is 33.1 Å². The number of carbonyl (C=O) groups is 3. The molecule has 30 heavy (non-hydrogen) atoms. The van der Waals surface area contributed by atoms with Gasteiger partial charge in [0.15, 0.2) is 5.17 Å². The molecule has 7 nitrogen and oxygen atoms in total. The number of nitrogens with one attached hydrogen (secondary N) is 1. The summed E-state index contributed by atoms with van der Waals surface area (Å²) in [4.78, 5) is 42.2. The first-order valence-electron chi connectivity index (χ1n) is 8.93. The van der Waals surface area contributed by atoms with Crippen LogP contribution in [0.4, 0.5) is 11.4 Å². The molecule has 0 bridgehead atoms. The lowest BCUT2D eigenvalue weighted by Gasteiger charge is -2.30. The third-order valence-corrected chi connectivity index (χ3v) is 5.84. The lowest BCUT2D eigenvalue weighted by molar-refractivity contribution is -0.129. The van der Waals surface area contributed by atoms with E-state index < -0.39 is 11.2 Å². The Bertz CT molecular complexity index is 1010. The number of hydrogen-bond donors (Lipinski definition) is 2. The second kappa shape index (κ2) is 9.51. The first-order chi connectivity index (χ1) is 14.3. The number of aliphatic imine (C=N–C) groups is 1. The van der Waals surface area contributed by atoms with Gasteiger partial charge in [0.05, 0.1) is 11.3 Å². The summed E-state index contributed by atoms with van der Waals surface area (Å²) in [7, 11) is 0. The fraction of sp³-hybridized carbons (Fsp3) is 0.200. The summed E-state index contributed by atoms with van der Waals surface area (Å²) < 4.78 is 0. The van der Waals surface area contributed by atoms with Gasteiger partial charge < -0.3 is 10.4 Å². The number of carbonyl (C=O) groups excluding carboxylic acids is 2. The summed E-state index contributed by atoms with van der Waals surface area (Å²) in [5.74, 6) is -1.64. The zero-order valence-corrected chi connectivity index (χ0v) is 18.1. The first kappa shape index (κ1) is 22.1. The maximum Gasteiger partial charge on any atom is 0.335 e. The van der Waals surface area contributed by atoms with Crippen molar-refractivity contribution in [2.75, 3.05) is 11.9 Å². The number of benzene rings is 2. The highest BCUT2D eigenvalue weighted by Crippen LogP contribution is 2.31. The average molecular weight is 466 g/mol. The average Bonchev–Trinajstić information content (AvgIpc) is 2.67. The highest BCUT2D eigenvalue weighted by molar-refractivity contribution is 8.15. The smallest absolute Gasteiger partial charge is 0.335 e. The summed E-state index contributed by atoms with van der Waals surface area (Å²) in [6.45, 7) is 2.23. The minimum atomic E-state index is -1.05. The number of amidine groups is 1. The molecule has 2 aromatic carbocycles. The number of hydrogen-bond acceptors (Lipinski definition) is 5. The van der Waals surface area contributed by atoms with Crippen LogP contribution in [0.5, 0.6) is 0 Å². The van der Waals surface area contributed by atoms with E-state index in [9.17, 15) is 14.4 Å². The molecule has 0 spiro atoms. The lowest BCUT2D eigenvalue weighted by Crippen LogP contribution is -2.45. The van der Waals surface area contributed by atoms with Crippen molar-refractivity contribution in [3.8, 4) is 0 Å². The molecular formula is C20H17Cl2N3O4S. The summed E-state index contributed by atoms with van der Waals surface area (Å²) in [5, 5.41) is 12.2. The quantitative estimate of drug-likeness (QED) is 0.667. The van der Waals surface area contributed by atoms with E-state index >= 15 is 0 Å². The Morgan fingerprint density at radius 1 is 1.20 bits per heavy atom. The fourth-order valence-corrected chi connectivity index (χ4v) is 4.46. The van der Waals surface area contributed by atoms with Gasteiger partial charge in [0, 0.05) is 28.7 Å². The summed E-state index contributed by atoms with van der Waals surface area (Å²) in [6, 6.07) is 10.6. The molecule has 0 radical (unpaired) electrons. The van der Waals surface area contributed by atoms with Crippen LogP contribution in [0.2, 0.25) is 10.0 Å². The van der Waals surface area contributed by atoms with Crippen molar-refractivity contribution in [1.82, 2.24) is 4.90 Å². The zero-order chi connectivity index (χ0) is 21.8. The van der Waals surface area contributed by atoms with E-state index in [1.807, 2.05) is 6.92 Å². The maximum atomic E-state index is 12.7. The predicted molar refractivity (Wildman–Crippen MR) is 119 cm³/mol. The minimum Gasteiger partial charge on any atom is -0.478 e. The monoisotopic (exact) mass is 465 g/mol. The molecule has 1 fully saturated rings. The highest BCUT2D eigenvalue weighted by Gasteiger charge is 2.35. The first-order valence-corrected chi connectivity index (χ1v) is 10.6. The van der Waals surface area contributed by atoms with Crippen molar-refractivity contribution < 1.29 is 19.5 Å². The molecule has 0 unspecified atom stereocenters. The number of amides is 2. The van der Waals surface area contributed by atoms with Crippen LogP contribution < -0.4 is 5.32 Å². The van der Waals surface area contributed by atoms with Gasteiger partial charge in [-0.25, -0.2) is 9.79 Å². The van der Waals surface area contributed by atoms with Gasteiger partial charge in [-0.3, -0.25) is 14.5 Å². The molecule has 1 aliphatic rings. The molecule has 2 N–H and O–H groups in total. The Morgan fingerprint density at radius 2 is 1.83 bits per heavy atom. The second-order valence-electron chi connectivity index (χ2n) is 6.34. The third kappa shape index (κ3) is 5.33. The van der Waals surface area contributed by atoms with Gasteiger partial charge in [-0.15, -0.1) is 0 Å². The fourth-order valence-electron chi connectivity index (χ4n) is 2.79. The summed E-state index contributed by atoms with van der Waals surface area (Å²) in [6.07, 6.45) is 0.0207. The molecule has 2 amide bonds.